The standard InChI is InChI=1S/C16H18N2O3/c1-10(17-2)11-5-3-6-12(9-11)18-16(21)13-7-4-8-14(19)15(13)20/h3-10,17,19-20H,1-2H3,(H,18,21). The van der Waals surface area contributed by atoms with Crippen molar-refractivity contribution in [2.45, 2.75) is 13.0 Å². The van der Waals surface area contributed by atoms with Gasteiger partial charge in [0.05, 0.1) is 5.56 Å². The summed E-state index contributed by atoms with van der Waals surface area (Å²) in [5.74, 6) is -1.22. The predicted octanol–water partition coefficient (Wildman–Crippen LogP) is 2.63. The number of aromatic hydroxyl groups is 2. The van der Waals surface area contributed by atoms with Crippen molar-refractivity contribution < 1.29 is 15.0 Å². The highest BCUT2D eigenvalue weighted by atomic mass is 16.3. The van der Waals surface area contributed by atoms with Crippen LogP contribution in [0.2, 0.25) is 0 Å². The Balaban J connectivity index is 2.22. The van der Waals surface area contributed by atoms with Crippen LogP contribution in [-0.2, 0) is 0 Å². The zero-order valence-electron chi connectivity index (χ0n) is 11.9. The van der Waals surface area contributed by atoms with Gasteiger partial charge in [-0.1, -0.05) is 18.2 Å². The molecule has 0 aromatic heterocycles. The number of carbonyl (C=O) groups excluding carboxylic acids is 1. The molecule has 0 aliphatic carbocycles. The quantitative estimate of drug-likeness (QED) is 0.651. The third-order valence-corrected chi connectivity index (χ3v) is 3.34. The van der Waals surface area contributed by atoms with E-state index in [0.717, 1.165) is 5.56 Å². The number of phenolic OH excluding ortho intramolecular Hbond substituents is 2. The Morgan fingerprint density at radius 3 is 2.57 bits per heavy atom. The van der Waals surface area contributed by atoms with Crippen molar-refractivity contribution in [3.05, 3.63) is 53.6 Å². The fourth-order valence-electron chi connectivity index (χ4n) is 1.97. The Labute approximate surface area is 123 Å². The Morgan fingerprint density at radius 1 is 1.14 bits per heavy atom. The summed E-state index contributed by atoms with van der Waals surface area (Å²) in [6.07, 6.45) is 0. The first-order valence-corrected chi connectivity index (χ1v) is 6.62. The zero-order chi connectivity index (χ0) is 15.4. The van der Waals surface area contributed by atoms with E-state index in [1.54, 1.807) is 6.07 Å². The van der Waals surface area contributed by atoms with Gasteiger partial charge in [0, 0.05) is 11.7 Å². The van der Waals surface area contributed by atoms with Crippen LogP contribution in [0.4, 0.5) is 5.69 Å². The first-order valence-electron chi connectivity index (χ1n) is 6.62. The lowest BCUT2D eigenvalue weighted by molar-refractivity contribution is 0.102. The highest BCUT2D eigenvalue weighted by molar-refractivity contribution is 6.06. The molecule has 0 bridgehead atoms. The molecule has 2 rings (SSSR count). The van der Waals surface area contributed by atoms with E-state index in [0.29, 0.717) is 5.69 Å². The first kappa shape index (κ1) is 14.9. The summed E-state index contributed by atoms with van der Waals surface area (Å²) in [4.78, 5) is 12.1. The van der Waals surface area contributed by atoms with Crippen molar-refractivity contribution in [3.8, 4) is 11.5 Å². The minimum absolute atomic E-state index is 0.0297. The maximum atomic E-state index is 12.1. The Morgan fingerprint density at radius 2 is 1.86 bits per heavy atom. The maximum Gasteiger partial charge on any atom is 0.259 e. The van der Waals surface area contributed by atoms with Gasteiger partial charge >= 0.3 is 0 Å². The number of para-hydroxylation sites is 1. The summed E-state index contributed by atoms with van der Waals surface area (Å²) >= 11 is 0. The van der Waals surface area contributed by atoms with Crippen LogP contribution in [0.3, 0.4) is 0 Å². The van der Waals surface area contributed by atoms with Crippen LogP contribution in [0.5, 0.6) is 11.5 Å². The first-order chi connectivity index (χ1) is 10.0. The van der Waals surface area contributed by atoms with Gasteiger partial charge in [0.1, 0.15) is 0 Å². The molecule has 0 saturated carbocycles. The van der Waals surface area contributed by atoms with E-state index in [1.807, 2.05) is 32.2 Å². The summed E-state index contributed by atoms with van der Waals surface area (Å²) in [6, 6.07) is 11.9. The molecule has 4 N–H and O–H groups in total. The summed E-state index contributed by atoms with van der Waals surface area (Å²) in [6.45, 7) is 2.02. The molecule has 110 valence electrons. The van der Waals surface area contributed by atoms with Gasteiger partial charge in [-0.05, 0) is 43.8 Å². The Kier molecular flexibility index (Phi) is 4.45. The van der Waals surface area contributed by atoms with Gasteiger partial charge in [0.25, 0.3) is 5.91 Å². The van der Waals surface area contributed by atoms with Gasteiger partial charge < -0.3 is 20.8 Å². The number of anilines is 1. The predicted molar refractivity (Wildman–Crippen MR) is 81.6 cm³/mol. The minimum Gasteiger partial charge on any atom is -0.504 e. The molecule has 1 unspecified atom stereocenters. The zero-order valence-corrected chi connectivity index (χ0v) is 11.9. The lowest BCUT2D eigenvalue weighted by atomic mass is 10.1. The van der Waals surface area contributed by atoms with Gasteiger partial charge in [0.2, 0.25) is 0 Å². The molecule has 0 radical (unpaired) electrons. The van der Waals surface area contributed by atoms with E-state index in [4.69, 9.17) is 0 Å². The minimum atomic E-state index is -0.474. The molecule has 21 heavy (non-hydrogen) atoms. The summed E-state index contributed by atoms with van der Waals surface area (Å²) < 4.78 is 0. The van der Waals surface area contributed by atoms with Crippen LogP contribution in [0.15, 0.2) is 42.5 Å². The fraction of sp³-hybridized carbons (Fsp3) is 0.188. The molecular formula is C16H18N2O3. The Bertz CT molecular complexity index is 656. The van der Waals surface area contributed by atoms with Crippen molar-refractivity contribution in [1.29, 1.82) is 0 Å². The van der Waals surface area contributed by atoms with E-state index in [2.05, 4.69) is 10.6 Å². The second kappa shape index (κ2) is 6.28. The average molecular weight is 286 g/mol. The van der Waals surface area contributed by atoms with Gasteiger partial charge in [-0.3, -0.25) is 4.79 Å². The van der Waals surface area contributed by atoms with E-state index in [9.17, 15) is 15.0 Å². The third-order valence-electron chi connectivity index (χ3n) is 3.34. The van der Waals surface area contributed by atoms with Gasteiger partial charge in [0.15, 0.2) is 11.5 Å². The molecule has 0 heterocycles. The lowest BCUT2D eigenvalue weighted by Crippen LogP contribution is -2.14. The maximum absolute atomic E-state index is 12.1. The molecule has 2 aromatic carbocycles. The molecule has 0 aliphatic heterocycles. The molecule has 0 spiro atoms. The molecule has 1 atom stereocenters. The SMILES string of the molecule is CNC(C)c1cccc(NC(=O)c2cccc(O)c2O)c1. The number of phenols is 2. The average Bonchev–Trinajstić information content (AvgIpc) is 2.49. The monoisotopic (exact) mass is 286 g/mol. The normalized spacial score (nSPS) is 11.9. The molecule has 0 saturated heterocycles. The molecule has 0 fully saturated rings. The second-order valence-corrected chi connectivity index (χ2v) is 4.76. The number of rotatable bonds is 4. The van der Waals surface area contributed by atoms with Crippen LogP contribution in [-0.4, -0.2) is 23.2 Å². The molecule has 5 heteroatoms. The summed E-state index contributed by atoms with van der Waals surface area (Å²) in [5.41, 5.74) is 1.69. The van der Waals surface area contributed by atoms with Gasteiger partial charge in [-0.2, -0.15) is 0 Å². The lowest BCUT2D eigenvalue weighted by Gasteiger charge is -2.13. The topological polar surface area (TPSA) is 81.6 Å². The second-order valence-electron chi connectivity index (χ2n) is 4.76. The van der Waals surface area contributed by atoms with Crippen LogP contribution in [0.1, 0.15) is 28.9 Å². The van der Waals surface area contributed by atoms with E-state index in [1.165, 1.54) is 18.2 Å². The molecular weight excluding hydrogens is 268 g/mol. The fourth-order valence-corrected chi connectivity index (χ4v) is 1.97. The molecule has 5 nitrogen and oxygen atoms in total. The molecule has 2 aromatic rings. The highest BCUT2D eigenvalue weighted by Gasteiger charge is 2.14. The van der Waals surface area contributed by atoms with Crippen LogP contribution < -0.4 is 10.6 Å². The van der Waals surface area contributed by atoms with Crippen molar-refractivity contribution in [1.82, 2.24) is 5.32 Å². The summed E-state index contributed by atoms with van der Waals surface area (Å²) in [7, 11) is 1.86. The van der Waals surface area contributed by atoms with E-state index in [-0.39, 0.29) is 17.4 Å². The highest BCUT2D eigenvalue weighted by Crippen LogP contribution is 2.29. The molecule has 1 amide bonds. The van der Waals surface area contributed by atoms with Crippen LogP contribution in [0.25, 0.3) is 0 Å². The number of carbonyl (C=O) groups is 1. The largest absolute Gasteiger partial charge is 0.504 e. The number of hydrogen-bond donors (Lipinski definition) is 4. The van der Waals surface area contributed by atoms with Crippen molar-refractivity contribution in [2.75, 3.05) is 12.4 Å². The van der Waals surface area contributed by atoms with Crippen LogP contribution >= 0.6 is 0 Å². The summed E-state index contributed by atoms with van der Waals surface area (Å²) in [5, 5.41) is 25.0. The van der Waals surface area contributed by atoms with Crippen molar-refractivity contribution in [3.63, 3.8) is 0 Å². The number of amides is 1. The van der Waals surface area contributed by atoms with Crippen molar-refractivity contribution in [2.24, 2.45) is 0 Å². The smallest absolute Gasteiger partial charge is 0.259 e. The molecule has 0 aliphatic rings. The number of hydrogen-bond acceptors (Lipinski definition) is 4. The third kappa shape index (κ3) is 3.32. The number of nitrogens with one attached hydrogen (secondary N) is 2. The Hall–Kier alpha value is -2.53. The van der Waals surface area contributed by atoms with E-state index < -0.39 is 11.7 Å². The van der Waals surface area contributed by atoms with Gasteiger partial charge in [-0.25, -0.2) is 0 Å². The van der Waals surface area contributed by atoms with E-state index >= 15 is 0 Å². The number of benzene rings is 2. The van der Waals surface area contributed by atoms with Crippen molar-refractivity contribution >= 4 is 11.6 Å². The van der Waals surface area contributed by atoms with Crippen LogP contribution in [0, 0.1) is 0 Å². The van der Waals surface area contributed by atoms with Gasteiger partial charge in [-0.15, -0.1) is 0 Å².